The Kier molecular flexibility index (Phi) is 3.25. The van der Waals surface area contributed by atoms with Crippen LogP contribution in [0.3, 0.4) is 0 Å². The Labute approximate surface area is 120 Å². The highest BCUT2D eigenvalue weighted by Gasteiger charge is 2.58. The molecule has 1 aromatic heterocycles. The minimum Gasteiger partial charge on any atom is -0.344 e. The third kappa shape index (κ3) is 2.20. The lowest BCUT2D eigenvalue weighted by molar-refractivity contribution is -0.117. The van der Waals surface area contributed by atoms with Crippen molar-refractivity contribution >= 4 is 5.91 Å². The van der Waals surface area contributed by atoms with Crippen LogP contribution in [-0.4, -0.2) is 17.4 Å². The van der Waals surface area contributed by atoms with Gasteiger partial charge < -0.3 is 5.32 Å². The predicted octanol–water partition coefficient (Wildman–Crippen LogP) is 2.42. The highest BCUT2D eigenvalue weighted by Crippen LogP contribution is 2.64. The Hall–Kier alpha value is -1.82. The van der Waals surface area contributed by atoms with Gasteiger partial charge >= 0.3 is 0 Å². The van der Waals surface area contributed by atoms with Crippen molar-refractivity contribution in [2.75, 3.05) is 6.54 Å². The zero-order valence-corrected chi connectivity index (χ0v) is 11.9. The van der Waals surface area contributed by atoms with E-state index in [9.17, 15) is 4.79 Å². The Morgan fingerprint density at radius 2 is 2.20 bits per heavy atom. The summed E-state index contributed by atoms with van der Waals surface area (Å²) in [7, 11) is 0. The maximum Gasteiger partial charge on any atom is 0.295 e. The second-order valence-electron chi connectivity index (χ2n) is 6.26. The summed E-state index contributed by atoms with van der Waals surface area (Å²) in [6, 6.07) is 6.06. The summed E-state index contributed by atoms with van der Waals surface area (Å²) in [5.74, 6) is 5.00. The van der Waals surface area contributed by atoms with Gasteiger partial charge in [0.05, 0.1) is 0 Å². The third-order valence-electron chi connectivity index (χ3n) is 4.88. The normalized spacial score (nSPS) is 21.1. The van der Waals surface area contributed by atoms with Crippen molar-refractivity contribution < 1.29 is 4.79 Å². The van der Waals surface area contributed by atoms with Gasteiger partial charge in [-0.25, -0.2) is 0 Å². The molecule has 0 unspecified atom stereocenters. The fourth-order valence-electron chi connectivity index (χ4n) is 3.89. The summed E-state index contributed by atoms with van der Waals surface area (Å²) in [5, 5.41) is 2.96. The van der Waals surface area contributed by atoms with Gasteiger partial charge in [0.2, 0.25) is 0 Å². The number of nitrogens with zero attached hydrogens (tertiary/aromatic N) is 1. The first-order valence-corrected chi connectivity index (χ1v) is 7.30. The van der Waals surface area contributed by atoms with E-state index in [1.54, 1.807) is 6.92 Å². The average Bonchev–Trinajstić information content (AvgIpc) is 2.37. The van der Waals surface area contributed by atoms with Crippen LogP contribution >= 0.6 is 0 Å². The number of aromatic nitrogens is 1. The first-order chi connectivity index (χ1) is 9.68. The highest BCUT2D eigenvalue weighted by molar-refractivity contribution is 5.93. The summed E-state index contributed by atoms with van der Waals surface area (Å²) < 4.78 is 0. The number of carbonyl (C=O) groups is 1. The Balaban J connectivity index is 1.75. The van der Waals surface area contributed by atoms with Crippen molar-refractivity contribution in [3.63, 3.8) is 0 Å². The Morgan fingerprint density at radius 1 is 1.40 bits per heavy atom. The van der Waals surface area contributed by atoms with E-state index < -0.39 is 0 Å². The molecule has 0 aliphatic heterocycles. The maximum atomic E-state index is 11.6. The molecule has 2 aliphatic rings. The van der Waals surface area contributed by atoms with Crippen LogP contribution in [0.4, 0.5) is 0 Å². The van der Waals surface area contributed by atoms with Crippen molar-refractivity contribution in [3.8, 4) is 11.8 Å². The summed E-state index contributed by atoms with van der Waals surface area (Å²) in [6.07, 6.45) is 8.17. The number of hydrogen-bond donors (Lipinski definition) is 1. The molecule has 3 rings (SSSR count). The van der Waals surface area contributed by atoms with Gasteiger partial charge in [0.1, 0.15) is 0 Å². The van der Waals surface area contributed by atoms with E-state index in [1.165, 1.54) is 19.3 Å². The molecular formula is C17H20N2O. The van der Waals surface area contributed by atoms with E-state index in [2.05, 4.69) is 28.2 Å². The predicted molar refractivity (Wildman–Crippen MR) is 77.9 cm³/mol. The number of amides is 1. The molecule has 1 spiro atoms. The van der Waals surface area contributed by atoms with Gasteiger partial charge in [-0.1, -0.05) is 18.4 Å². The zero-order chi connectivity index (χ0) is 14.1. The molecule has 0 bridgehead atoms. The van der Waals surface area contributed by atoms with Gasteiger partial charge in [-0.05, 0) is 56.1 Å². The molecule has 2 aliphatic carbocycles. The molecule has 104 valence electrons. The molecule has 1 heterocycles. The van der Waals surface area contributed by atoms with E-state index >= 15 is 0 Å². The highest BCUT2D eigenvalue weighted by atomic mass is 16.1. The van der Waals surface area contributed by atoms with E-state index in [0.29, 0.717) is 12.0 Å². The third-order valence-corrected chi connectivity index (χ3v) is 4.88. The quantitative estimate of drug-likeness (QED) is 0.855. The Morgan fingerprint density at radius 3 is 2.75 bits per heavy atom. The fourth-order valence-corrected chi connectivity index (χ4v) is 3.89. The van der Waals surface area contributed by atoms with Crippen LogP contribution in [0.2, 0.25) is 0 Å². The number of nitrogens with one attached hydrogen (secondary N) is 1. The topological polar surface area (TPSA) is 42.0 Å². The molecule has 1 aromatic rings. The van der Waals surface area contributed by atoms with Gasteiger partial charge in [0.15, 0.2) is 0 Å². The standard InChI is InChI=1S/C17H20N2O/c1-2-6-15(20)19-13-17(14-7-3-4-10-18-14)11-16(12-17)8-5-9-16/h3-4,7,10H,5,8-9,11-13H2,1H3,(H,19,20). The molecule has 0 saturated heterocycles. The molecular weight excluding hydrogens is 248 g/mol. The molecule has 2 fully saturated rings. The first kappa shape index (κ1) is 13.2. The van der Waals surface area contributed by atoms with Crippen LogP contribution in [0.5, 0.6) is 0 Å². The lowest BCUT2D eigenvalue weighted by atomic mass is 9.44. The molecule has 1 amide bonds. The number of pyridine rings is 1. The van der Waals surface area contributed by atoms with Crippen LogP contribution in [0.15, 0.2) is 24.4 Å². The van der Waals surface area contributed by atoms with Gasteiger partial charge in [0.25, 0.3) is 5.91 Å². The van der Waals surface area contributed by atoms with Crippen molar-refractivity contribution in [3.05, 3.63) is 30.1 Å². The molecule has 0 atom stereocenters. The minimum absolute atomic E-state index is 0.0206. The lowest BCUT2D eigenvalue weighted by Gasteiger charge is -2.61. The van der Waals surface area contributed by atoms with Crippen LogP contribution in [0.1, 0.15) is 44.7 Å². The van der Waals surface area contributed by atoms with E-state index in [1.807, 2.05) is 18.3 Å². The molecule has 3 heteroatoms. The van der Waals surface area contributed by atoms with Crippen molar-refractivity contribution in [2.45, 2.75) is 44.4 Å². The van der Waals surface area contributed by atoms with Gasteiger partial charge in [-0.3, -0.25) is 9.78 Å². The van der Waals surface area contributed by atoms with Crippen LogP contribution in [-0.2, 0) is 10.2 Å². The lowest BCUT2D eigenvalue weighted by Crippen LogP contribution is -2.58. The summed E-state index contributed by atoms with van der Waals surface area (Å²) >= 11 is 0. The average molecular weight is 268 g/mol. The van der Waals surface area contributed by atoms with Crippen molar-refractivity contribution in [1.82, 2.24) is 10.3 Å². The molecule has 3 nitrogen and oxygen atoms in total. The fraction of sp³-hybridized carbons (Fsp3) is 0.529. The smallest absolute Gasteiger partial charge is 0.295 e. The van der Waals surface area contributed by atoms with Crippen LogP contribution < -0.4 is 5.32 Å². The number of rotatable bonds is 3. The number of hydrogen-bond acceptors (Lipinski definition) is 2. The van der Waals surface area contributed by atoms with E-state index in [0.717, 1.165) is 18.5 Å². The second kappa shape index (κ2) is 4.94. The van der Waals surface area contributed by atoms with Crippen LogP contribution in [0, 0.1) is 17.3 Å². The van der Waals surface area contributed by atoms with Crippen molar-refractivity contribution in [2.24, 2.45) is 5.41 Å². The van der Waals surface area contributed by atoms with Crippen LogP contribution in [0.25, 0.3) is 0 Å². The van der Waals surface area contributed by atoms with Gasteiger partial charge in [-0.2, -0.15) is 0 Å². The largest absolute Gasteiger partial charge is 0.344 e. The molecule has 0 aromatic carbocycles. The minimum atomic E-state index is -0.183. The maximum absolute atomic E-state index is 11.6. The molecule has 0 radical (unpaired) electrons. The van der Waals surface area contributed by atoms with Crippen molar-refractivity contribution in [1.29, 1.82) is 0 Å². The van der Waals surface area contributed by atoms with E-state index in [-0.39, 0.29) is 11.3 Å². The molecule has 2 saturated carbocycles. The second-order valence-corrected chi connectivity index (χ2v) is 6.26. The molecule has 20 heavy (non-hydrogen) atoms. The monoisotopic (exact) mass is 268 g/mol. The van der Waals surface area contributed by atoms with Gasteiger partial charge in [-0.15, -0.1) is 0 Å². The summed E-state index contributed by atoms with van der Waals surface area (Å²) in [6.45, 7) is 2.33. The van der Waals surface area contributed by atoms with E-state index in [4.69, 9.17) is 0 Å². The van der Waals surface area contributed by atoms with Gasteiger partial charge in [0, 0.05) is 23.9 Å². The first-order valence-electron chi connectivity index (χ1n) is 7.30. The number of carbonyl (C=O) groups excluding carboxylic acids is 1. The summed E-state index contributed by atoms with van der Waals surface area (Å²) in [4.78, 5) is 16.1. The summed E-state index contributed by atoms with van der Waals surface area (Å²) in [5.41, 5.74) is 1.67. The Bertz CT molecular complexity index is 556. The zero-order valence-electron chi connectivity index (χ0n) is 11.9. The molecule has 1 N–H and O–H groups in total. The SMILES string of the molecule is CC#CC(=O)NCC1(c2ccccn2)CC2(CCC2)C1.